The van der Waals surface area contributed by atoms with Crippen molar-refractivity contribution in [2.24, 2.45) is 0 Å². The fourth-order valence-electron chi connectivity index (χ4n) is 1.71. The fraction of sp³-hybridized carbons (Fsp3) is 0.188. The zero-order valence-electron chi connectivity index (χ0n) is 12.4. The second kappa shape index (κ2) is 7.09. The van der Waals surface area contributed by atoms with Crippen LogP contribution in [0.2, 0.25) is 0 Å². The predicted octanol–water partition coefficient (Wildman–Crippen LogP) is 1.74. The number of para-hydroxylation sites is 1. The second-order valence-electron chi connectivity index (χ2n) is 4.06. The minimum atomic E-state index is -0.365. The van der Waals surface area contributed by atoms with E-state index in [1.54, 1.807) is 24.3 Å². The molecule has 0 bridgehead atoms. The summed E-state index contributed by atoms with van der Waals surface area (Å²) in [7, 11) is 4.40. The molecule has 22 heavy (non-hydrogen) atoms. The first-order valence-electron chi connectivity index (χ1n) is 6.34. The van der Waals surface area contributed by atoms with Gasteiger partial charge in [0.15, 0.2) is 0 Å². The second-order valence-corrected chi connectivity index (χ2v) is 4.06. The van der Waals surface area contributed by atoms with Crippen molar-refractivity contribution in [2.45, 2.75) is 0 Å². The van der Waals surface area contributed by atoms with Crippen molar-refractivity contribution in [2.75, 3.05) is 21.3 Å². The number of methoxy groups -OCH3 is 3. The summed E-state index contributed by atoms with van der Waals surface area (Å²) in [6, 6.07) is 7.04. The number of rotatable bonds is 4. The van der Waals surface area contributed by atoms with Crippen LogP contribution in [-0.4, -0.2) is 37.1 Å². The molecule has 0 atom stereocenters. The topological polar surface area (TPSA) is 70.5 Å². The zero-order valence-corrected chi connectivity index (χ0v) is 12.4. The average molecular weight is 298 g/mol. The molecule has 0 aliphatic heterocycles. The van der Waals surface area contributed by atoms with Crippen LogP contribution in [0.1, 0.15) is 15.9 Å². The molecular weight excluding hydrogens is 284 g/mol. The summed E-state index contributed by atoms with van der Waals surface area (Å²) < 4.78 is 15.1. The third-order valence-electron chi connectivity index (χ3n) is 2.77. The van der Waals surface area contributed by atoms with Gasteiger partial charge in [0.25, 0.3) is 0 Å². The molecule has 6 heteroatoms. The summed E-state index contributed by atoms with van der Waals surface area (Å²) in [5, 5.41) is 0. The number of hydrogen-bond acceptors (Lipinski definition) is 6. The highest BCUT2D eigenvalue weighted by atomic mass is 16.5. The van der Waals surface area contributed by atoms with Gasteiger partial charge in [-0.3, -0.25) is 4.79 Å². The maximum atomic E-state index is 12.2. The highest BCUT2D eigenvalue weighted by molar-refractivity contribution is 6.11. The number of ether oxygens (including phenoxy) is 3. The van der Waals surface area contributed by atoms with E-state index in [2.05, 4.69) is 21.8 Å². The number of Topliss-reactive ketones (excluding diaryl/α,β-unsaturated/α-hetero) is 1. The van der Waals surface area contributed by atoms with Crippen molar-refractivity contribution in [3.63, 3.8) is 0 Å². The van der Waals surface area contributed by atoms with Crippen LogP contribution in [0.3, 0.4) is 0 Å². The lowest BCUT2D eigenvalue weighted by Gasteiger charge is -2.04. The van der Waals surface area contributed by atoms with E-state index in [-0.39, 0.29) is 17.7 Å². The van der Waals surface area contributed by atoms with Crippen molar-refractivity contribution >= 4 is 5.78 Å². The first kappa shape index (κ1) is 15.3. The molecule has 0 radical (unpaired) electrons. The number of ketones is 1. The lowest BCUT2D eigenvalue weighted by atomic mass is 10.1. The fourth-order valence-corrected chi connectivity index (χ4v) is 1.71. The van der Waals surface area contributed by atoms with Crippen molar-refractivity contribution in [1.82, 2.24) is 9.97 Å². The quantitative estimate of drug-likeness (QED) is 0.632. The van der Waals surface area contributed by atoms with Crippen LogP contribution in [-0.2, 0) is 0 Å². The summed E-state index contributed by atoms with van der Waals surface area (Å²) in [5.74, 6) is 5.59. The number of carbonyl (C=O) groups excluding carboxylic acids is 1. The van der Waals surface area contributed by atoms with E-state index in [1.165, 1.54) is 27.5 Å². The van der Waals surface area contributed by atoms with Gasteiger partial charge in [-0.15, -0.1) is 0 Å². The minimum Gasteiger partial charge on any atom is -0.496 e. The van der Waals surface area contributed by atoms with Crippen molar-refractivity contribution in [3.05, 3.63) is 41.6 Å². The Bertz CT molecular complexity index is 747. The van der Waals surface area contributed by atoms with Crippen LogP contribution in [0.5, 0.6) is 17.6 Å². The smallest absolute Gasteiger partial charge is 0.319 e. The lowest BCUT2D eigenvalue weighted by molar-refractivity contribution is 0.105. The largest absolute Gasteiger partial charge is 0.496 e. The Hall–Kier alpha value is -3.07. The molecule has 0 aliphatic carbocycles. The number of carbonyl (C=O) groups is 1. The van der Waals surface area contributed by atoms with Gasteiger partial charge in [-0.25, -0.2) is 4.98 Å². The van der Waals surface area contributed by atoms with Gasteiger partial charge in [0, 0.05) is 0 Å². The predicted molar refractivity (Wildman–Crippen MR) is 79.3 cm³/mol. The molecular formula is C16H14N2O4. The van der Waals surface area contributed by atoms with E-state index in [4.69, 9.17) is 14.2 Å². The van der Waals surface area contributed by atoms with Gasteiger partial charge in [0.05, 0.1) is 33.1 Å². The molecule has 1 aromatic carbocycles. The van der Waals surface area contributed by atoms with Crippen LogP contribution in [0.15, 0.2) is 30.5 Å². The van der Waals surface area contributed by atoms with E-state index < -0.39 is 0 Å². The molecule has 0 aliphatic rings. The van der Waals surface area contributed by atoms with Crippen LogP contribution in [0.25, 0.3) is 0 Å². The third kappa shape index (κ3) is 3.33. The number of benzene rings is 1. The summed E-state index contributed by atoms with van der Waals surface area (Å²) in [5.41, 5.74) is 0.789. The molecule has 0 fully saturated rings. The van der Waals surface area contributed by atoms with Gasteiger partial charge in [-0.1, -0.05) is 18.1 Å². The maximum absolute atomic E-state index is 12.2. The van der Waals surface area contributed by atoms with Crippen LogP contribution in [0.4, 0.5) is 0 Å². The standard InChI is InChI=1S/C16H14N2O4/c1-20-14-7-5-4-6-12(14)13(19)9-8-11-10-17-16(22-3)18-15(11)21-2/h4-7,10H,1-3H3. The molecule has 0 N–H and O–H groups in total. The molecule has 1 heterocycles. The molecule has 0 saturated carbocycles. The van der Waals surface area contributed by atoms with Crippen molar-refractivity contribution in [1.29, 1.82) is 0 Å². The lowest BCUT2D eigenvalue weighted by Crippen LogP contribution is -2.00. The van der Waals surface area contributed by atoms with Crippen LogP contribution in [0, 0.1) is 11.8 Å². The Morgan fingerprint density at radius 3 is 2.55 bits per heavy atom. The molecule has 2 rings (SSSR count). The summed E-state index contributed by atoms with van der Waals surface area (Å²) >= 11 is 0. The molecule has 0 spiro atoms. The Morgan fingerprint density at radius 1 is 1.09 bits per heavy atom. The minimum absolute atomic E-state index is 0.165. The van der Waals surface area contributed by atoms with Crippen LogP contribution >= 0.6 is 0 Å². The summed E-state index contributed by atoms with van der Waals surface area (Å²) in [6.45, 7) is 0. The average Bonchev–Trinajstić information content (AvgIpc) is 2.59. The summed E-state index contributed by atoms with van der Waals surface area (Å²) in [6.07, 6.45) is 1.44. The van der Waals surface area contributed by atoms with Gasteiger partial charge >= 0.3 is 6.01 Å². The molecule has 0 unspecified atom stereocenters. The van der Waals surface area contributed by atoms with Gasteiger partial charge in [-0.05, 0) is 18.1 Å². The SMILES string of the molecule is COc1ncc(C#CC(=O)c2ccccc2OC)c(OC)n1. The Kier molecular flexibility index (Phi) is 4.94. The van der Waals surface area contributed by atoms with Gasteiger partial charge in [0.2, 0.25) is 11.7 Å². The zero-order chi connectivity index (χ0) is 15.9. The maximum Gasteiger partial charge on any atom is 0.319 e. The van der Waals surface area contributed by atoms with E-state index in [0.717, 1.165) is 0 Å². The van der Waals surface area contributed by atoms with E-state index in [0.29, 0.717) is 16.9 Å². The van der Waals surface area contributed by atoms with Crippen LogP contribution < -0.4 is 14.2 Å². The van der Waals surface area contributed by atoms with Gasteiger partial charge in [0.1, 0.15) is 11.3 Å². The number of nitrogens with zero attached hydrogens (tertiary/aromatic N) is 2. The summed E-state index contributed by atoms with van der Waals surface area (Å²) in [4.78, 5) is 20.1. The highest BCUT2D eigenvalue weighted by Gasteiger charge is 2.10. The monoisotopic (exact) mass is 298 g/mol. The van der Waals surface area contributed by atoms with E-state index in [9.17, 15) is 4.79 Å². The van der Waals surface area contributed by atoms with Gasteiger partial charge < -0.3 is 14.2 Å². The molecule has 1 aromatic heterocycles. The first-order chi connectivity index (χ1) is 10.7. The number of hydrogen-bond donors (Lipinski definition) is 0. The molecule has 0 saturated heterocycles. The van der Waals surface area contributed by atoms with Crippen molar-refractivity contribution < 1.29 is 19.0 Å². The molecule has 2 aromatic rings. The first-order valence-corrected chi connectivity index (χ1v) is 6.34. The molecule has 112 valence electrons. The molecule has 6 nitrogen and oxygen atoms in total. The Morgan fingerprint density at radius 2 is 1.86 bits per heavy atom. The highest BCUT2D eigenvalue weighted by Crippen LogP contribution is 2.18. The van der Waals surface area contributed by atoms with Gasteiger partial charge in [-0.2, -0.15) is 4.98 Å². The number of aromatic nitrogens is 2. The molecule has 0 amide bonds. The third-order valence-corrected chi connectivity index (χ3v) is 2.77. The van der Waals surface area contributed by atoms with E-state index in [1.807, 2.05) is 0 Å². The normalized spacial score (nSPS) is 9.41. The Balaban J connectivity index is 2.32. The van der Waals surface area contributed by atoms with Crippen molar-refractivity contribution in [3.8, 4) is 29.5 Å². The van der Waals surface area contributed by atoms with E-state index >= 15 is 0 Å². The Labute approximate surface area is 128 Å².